The molecule has 0 aromatic heterocycles. The molecule has 3 saturated heterocycles. The van der Waals surface area contributed by atoms with Gasteiger partial charge in [-0.2, -0.15) is 0 Å². The van der Waals surface area contributed by atoms with Crippen molar-refractivity contribution in [1.29, 1.82) is 0 Å². The zero-order valence-corrected chi connectivity index (χ0v) is 47.4. The Kier molecular flexibility index (Phi) is 22.6. The Labute approximate surface area is 482 Å². The summed E-state index contributed by atoms with van der Waals surface area (Å²) in [7, 11) is -3.77. The molecule has 0 bridgehead atoms. The minimum Gasteiger partial charge on any atom is -0.481 e. The van der Waals surface area contributed by atoms with Gasteiger partial charge in [0.15, 0.2) is 9.84 Å². The van der Waals surface area contributed by atoms with Gasteiger partial charge in [-0.3, -0.25) is 24.8 Å². The van der Waals surface area contributed by atoms with Gasteiger partial charge in [0.2, 0.25) is 0 Å². The van der Waals surface area contributed by atoms with Crippen LogP contribution in [0.5, 0.6) is 34.5 Å². The Morgan fingerprint density at radius 1 is 0.456 bits per heavy atom. The second-order valence-corrected chi connectivity index (χ2v) is 24.2. The molecule has 79 heavy (non-hydrogen) atoms. The lowest BCUT2D eigenvalue weighted by Crippen LogP contribution is -2.47. The highest BCUT2D eigenvalue weighted by molar-refractivity contribution is 7.99. The van der Waals surface area contributed by atoms with E-state index in [2.05, 4.69) is 0 Å². The van der Waals surface area contributed by atoms with Crippen molar-refractivity contribution in [3.63, 3.8) is 0 Å². The lowest BCUT2D eigenvalue weighted by Gasteiger charge is -2.34. The van der Waals surface area contributed by atoms with Gasteiger partial charge in [0.05, 0.1) is 26.9 Å². The van der Waals surface area contributed by atoms with Crippen molar-refractivity contribution in [1.82, 2.24) is 11.0 Å². The first-order valence-electron chi connectivity index (χ1n) is 25.0. The summed E-state index contributed by atoms with van der Waals surface area (Å²) in [6.45, 7) is 2.61. The number of amides is 2. The molecule has 3 heterocycles. The number of sulfone groups is 1. The molecule has 0 saturated carbocycles. The Morgan fingerprint density at radius 3 is 1.06 bits per heavy atom. The molecule has 0 aliphatic carbocycles. The van der Waals surface area contributed by atoms with Crippen molar-refractivity contribution in [2.75, 3.05) is 56.9 Å². The summed E-state index contributed by atoms with van der Waals surface area (Å²) in [6.07, 6.45) is 2.77. The largest absolute Gasteiger partial charge is 0.481 e. The Morgan fingerprint density at radius 2 is 0.734 bits per heavy atom. The fraction of sp³-hybridized carbons (Fsp3) is 0.316. The van der Waals surface area contributed by atoms with Crippen LogP contribution in [0.1, 0.15) is 38.5 Å². The van der Waals surface area contributed by atoms with Crippen LogP contribution < -0.4 is 25.2 Å². The van der Waals surface area contributed by atoms with Gasteiger partial charge in [-0.1, -0.05) is 34.8 Å². The lowest BCUT2D eigenvalue weighted by molar-refractivity contribution is -0.152. The van der Waals surface area contributed by atoms with Gasteiger partial charge in [0.25, 0.3) is 11.8 Å². The minimum atomic E-state index is -3.77. The van der Waals surface area contributed by atoms with Gasteiger partial charge < -0.3 is 33.5 Å². The van der Waals surface area contributed by atoms with E-state index in [1.54, 1.807) is 89.7 Å². The molecule has 16 nitrogen and oxygen atoms in total. The first-order chi connectivity index (χ1) is 38.0. The Bertz CT molecular complexity index is 3010. The van der Waals surface area contributed by atoms with Gasteiger partial charge in [0, 0.05) is 76.0 Å². The molecule has 3 fully saturated rings. The molecule has 420 valence electrons. The van der Waals surface area contributed by atoms with Crippen molar-refractivity contribution in [2.24, 2.45) is 16.2 Å². The third-order valence-electron chi connectivity index (χ3n) is 13.4. The van der Waals surface area contributed by atoms with E-state index >= 15 is 0 Å². The second kappa shape index (κ2) is 29.2. The number of aliphatic carboxylic acids is 1. The first kappa shape index (κ1) is 61.1. The number of benzene rings is 6. The van der Waals surface area contributed by atoms with Gasteiger partial charge in [-0.15, -0.1) is 23.5 Å². The summed E-state index contributed by atoms with van der Waals surface area (Å²) < 4.78 is 58.9. The van der Waals surface area contributed by atoms with E-state index in [0.717, 1.165) is 32.8 Å². The SMILES string of the molecule is O=C(NO)C1(CS(=O)(=O)c2ccc(Oc3ccc(Cl)cc3)cc2)CCOCC1.O=C(NO)C1(CSc2ccc(Oc3ccc(Cl)cc3)cc2)CCOCC1.O=C(O)C1(CSc2ccc(Oc3ccc(Cl)cc3)cc2)CCOCC1. The van der Waals surface area contributed by atoms with Crippen molar-refractivity contribution >= 4 is 85.9 Å². The van der Waals surface area contributed by atoms with Crippen molar-refractivity contribution < 1.29 is 66.7 Å². The van der Waals surface area contributed by atoms with Gasteiger partial charge in [-0.25, -0.2) is 19.4 Å². The first-order valence-corrected chi connectivity index (χ1v) is 29.7. The highest BCUT2D eigenvalue weighted by Gasteiger charge is 2.45. The Hall–Kier alpha value is -5.55. The molecule has 6 aromatic carbocycles. The number of carbonyl (C=O) groups is 3. The molecule has 3 aliphatic heterocycles. The van der Waals surface area contributed by atoms with Crippen LogP contribution in [0.25, 0.3) is 0 Å². The topological polar surface area (TPSA) is 225 Å². The summed E-state index contributed by atoms with van der Waals surface area (Å²) in [5.41, 5.74) is 0.904. The average Bonchev–Trinajstić information content (AvgIpc) is 3.51. The van der Waals surface area contributed by atoms with Gasteiger partial charge in [-0.05, 0) is 184 Å². The molecule has 3 aliphatic rings. The molecule has 2 amide bonds. The number of thioether (sulfide) groups is 2. The normalized spacial score (nSPS) is 16.3. The van der Waals surface area contributed by atoms with Crippen LogP contribution in [0.3, 0.4) is 0 Å². The number of hydrogen-bond acceptors (Lipinski definition) is 15. The van der Waals surface area contributed by atoms with E-state index in [9.17, 15) is 27.9 Å². The summed E-state index contributed by atoms with van der Waals surface area (Å²) >= 11 is 20.7. The molecule has 6 aromatic rings. The van der Waals surface area contributed by atoms with Crippen LogP contribution in [0, 0.1) is 16.2 Å². The molecular formula is C57H59Cl3N2O14S3. The maximum atomic E-state index is 12.9. The van der Waals surface area contributed by atoms with E-state index in [1.807, 2.05) is 78.3 Å². The van der Waals surface area contributed by atoms with Crippen molar-refractivity contribution in [3.8, 4) is 34.5 Å². The van der Waals surface area contributed by atoms with E-state index in [4.69, 9.17) is 73.6 Å². The number of carbonyl (C=O) groups excluding carboxylic acids is 2. The number of carboxylic acids is 1. The van der Waals surface area contributed by atoms with Crippen molar-refractivity contribution in [2.45, 2.75) is 53.2 Å². The number of rotatable bonds is 18. The molecule has 22 heteroatoms. The molecule has 0 unspecified atom stereocenters. The summed E-state index contributed by atoms with van der Waals surface area (Å²) in [6, 6.07) is 42.5. The van der Waals surface area contributed by atoms with Crippen LogP contribution in [-0.2, 0) is 38.4 Å². The highest BCUT2D eigenvalue weighted by Crippen LogP contribution is 2.40. The van der Waals surface area contributed by atoms with Crippen molar-refractivity contribution in [3.05, 3.63) is 161 Å². The number of ether oxygens (including phenoxy) is 6. The Balaban J connectivity index is 0.000000172. The summed E-state index contributed by atoms with van der Waals surface area (Å²) in [4.78, 5) is 38.1. The molecular weight excluding hydrogens is 1140 g/mol. The standard InChI is InChI=1S/C19H20ClNO6S.C19H20ClNO4S.C19H19ClO4S/c20-14-1-3-15(4-2-14)27-16-5-7-17(8-6-16)28(24,25)13-19(18(22)21-23)9-11-26-12-10-19;20-14-1-3-15(4-2-14)25-16-5-7-17(8-6-16)26-13-19(18(22)21-23)9-11-24-12-10-19;20-14-1-3-15(4-2-14)24-16-5-7-17(8-6-16)25-13-19(18(21)22)9-11-23-12-10-19/h1-8,23H,9-13H2,(H,21,22);1-8,23H,9-13H2,(H,21,22);1-8H,9-13H2,(H,21,22). The van der Waals surface area contributed by atoms with E-state index in [-0.39, 0.29) is 36.9 Å². The smallest absolute Gasteiger partial charge is 0.310 e. The minimum absolute atomic E-state index is 0.0764. The van der Waals surface area contributed by atoms with Crippen LogP contribution in [0.4, 0.5) is 0 Å². The van der Waals surface area contributed by atoms with E-state index in [0.29, 0.717) is 90.2 Å². The van der Waals surface area contributed by atoms with E-state index in [1.165, 1.54) is 12.1 Å². The number of hydrogen-bond donors (Lipinski definition) is 5. The van der Waals surface area contributed by atoms with Crippen LogP contribution >= 0.6 is 58.3 Å². The number of nitrogens with one attached hydrogen (secondary N) is 2. The highest BCUT2D eigenvalue weighted by atomic mass is 35.5. The quantitative estimate of drug-likeness (QED) is 0.0306. The predicted molar refractivity (Wildman–Crippen MR) is 302 cm³/mol. The van der Waals surface area contributed by atoms with Gasteiger partial charge >= 0.3 is 5.97 Å². The molecule has 5 N–H and O–H groups in total. The fourth-order valence-electron chi connectivity index (χ4n) is 8.55. The zero-order valence-electron chi connectivity index (χ0n) is 42.7. The lowest BCUT2D eigenvalue weighted by atomic mass is 9.81. The van der Waals surface area contributed by atoms with Crippen LogP contribution in [-0.4, -0.2) is 98.6 Å². The number of carboxylic acid groups (broad SMARTS) is 1. The monoisotopic (exact) mass is 1200 g/mol. The third kappa shape index (κ3) is 17.7. The maximum absolute atomic E-state index is 12.9. The molecule has 0 radical (unpaired) electrons. The van der Waals surface area contributed by atoms with Crippen LogP contribution in [0.15, 0.2) is 160 Å². The molecule has 0 atom stereocenters. The molecule has 9 rings (SSSR count). The maximum Gasteiger partial charge on any atom is 0.310 e. The second-order valence-electron chi connectivity index (χ2n) is 18.8. The molecule has 0 spiro atoms. The number of halogens is 3. The number of hydroxylamine groups is 2. The van der Waals surface area contributed by atoms with Crippen LogP contribution in [0.2, 0.25) is 15.1 Å². The predicted octanol–water partition coefficient (Wildman–Crippen LogP) is 12.8. The van der Waals surface area contributed by atoms with E-state index < -0.39 is 43.7 Å². The zero-order chi connectivity index (χ0) is 56.3. The van der Waals surface area contributed by atoms with Gasteiger partial charge in [0.1, 0.15) is 34.5 Å². The fourth-order valence-corrected chi connectivity index (χ4v) is 13.2. The summed E-state index contributed by atoms with van der Waals surface area (Å²) in [5.74, 6) is 2.87. The summed E-state index contributed by atoms with van der Waals surface area (Å²) in [5, 5.41) is 29.6. The average molecular weight is 1200 g/mol. The third-order valence-corrected chi connectivity index (χ3v) is 18.7.